The Morgan fingerprint density at radius 3 is 2.88 bits per heavy atom. The Morgan fingerprint density at radius 1 is 1.15 bits per heavy atom. The van der Waals surface area contributed by atoms with Gasteiger partial charge in [0, 0.05) is 32.1 Å². The fourth-order valence-electron chi connectivity index (χ4n) is 3.35. The maximum Gasteiger partial charge on any atom is 0.156 e. The zero-order chi connectivity index (χ0) is 17.8. The summed E-state index contributed by atoms with van der Waals surface area (Å²) in [7, 11) is 0. The Hall–Kier alpha value is -2.67. The highest BCUT2D eigenvalue weighted by Gasteiger charge is 2.18. The smallest absolute Gasteiger partial charge is 0.156 e. The van der Waals surface area contributed by atoms with Crippen molar-refractivity contribution in [2.45, 2.75) is 39.2 Å². The van der Waals surface area contributed by atoms with E-state index >= 15 is 0 Å². The van der Waals surface area contributed by atoms with E-state index in [0.717, 1.165) is 62.7 Å². The van der Waals surface area contributed by atoms with E-state index in [-0.39, 0.29) is 0 Å². The molecule has 0 fully saturated rings. The van der Waals surface area contributed by atoms with Crippen molar-refractivity contribution in [1.29, 1.82) is 0 Å². The van der Waals surface area contributed by atoms with Crippen LogP contribution in [0.1, 0.15) is 36.3 Å². The van der Waals surface area contributed by atoms with E-state index in [2.05, 4.69) is 32.3 Å². The molecule has 0 radical (unpaired) electrons. The minimum absolute atomic E-state index is 0.856. The summed E-state index contributed by atoms with van der Waals surface area (Å²) in [6, 6.07) is 10.0. The molecule has 0 unspecified atom stereocenters. The van der Waals surface area contributed by atoms with Crippen LogP contribution in [0.2, 0.25) is 0 Å². The molecular formula is C19H23N7. The van der Waals surface area contributed by atoms with Crippen LogP contribution in [-0.2, 0) is 25.8 Å². The van der Waals surface area contributed by atoms with Crippen molar-refractivity contribution in [2.24, 2.45) is 0 Å². The maximum absolute atomic E-state index is 4.70. The summed E-state index contributed by atoms with van der Waals surface area (Å²) >= 11 is 0. The van der Waals surface area contributed by atoms with Crippen molar-refractivity contribution in [2.75, 3.05) is 13.1 Å². The Bertz CT molecular complexity index is 859. The molecule has 1 aliphatic heterocycles. The number of nitrogens with zero attached hydrogens (tertiary/aromatic N) is 7. The van der Waals surface area contributed by atoms with Gasteiger partial charge >= 0.3 is 0 Å². The van der Waals surface area contributed by atoms with Crippen LogP contribution < -0.4 is 0 Å². The highest BCUT2D eigenvalue weighted by molar-refractivity contribution is 5.30. The van der Waals surface area contributed by atoms with Crippen molar-refractivity contribution < 1.29 is 0 Å². The monoisotopic (exact) mass is 349 g/mol. The van der Waals surface area contributed by atoms with E-state index in [4.69, 9.17) is 4.98 Å². The highest BCUT2D eigenvalue weighted by atomic mass is 15.5. The summed E-state index contributed by atoms with van der Waals surface area (Å²) in [4.78, 5) is 11.6. The third kappa shape index (κ3) is 3.62. The molecular weight excluding hydrogens is 326 g/mol. The summed E-state index contributed by atoms with van der Waals surface area (Å²) in [6.07, 6.45) is 5.80. The number of rotatable bonds is 6. The molecule has 1 aliphatic rings. The minimum Gasteiger partial charge on any atom is -0.297 e. The number of aryl methyl sites for hydroxylation is 2. The van der Waals surface area contributed by atoms with Crippen molar-refractivity contribution >= 4 is 0 Å². The van der Waals surface area contributed by atoms with Gasteiger partial charge in [-0.3, -0.25) is 4.90 Å². The average Bonchev–Trinajstić information content (AvgIpc) is 3.16. The molecule has 134 valence electrons. The average molecular weight is 349 g/mol. The van der Waals surface area contributed by atoms with Crippen LogP contribution in [0.3, 0.4) is 0 Å². The predicted molar refractivity (Wildman–Crippen MR) is 97.9 cm³/mol. The molecule has 0 spiro atoms. The molecule has 2 aromatic heterocycles. The van der Waals surface area contributed by atoms with E-state index in [1.54, 1.807) is 0 Å². The van der Waals surface area contributed by atoms with Gasteiger partial charge < -0.3 is 0 Å². The second-order valence-electron chi connectivity index (χ2n) is 6.58. The molecule has 7 nitrogen and oxygen atoms in total. The molecule has 0 saturated heterocycles. The molecule has 3 heterocycles. The van der Waals surface area contributed by atoms with Crippen molar-refractivity contribution in [3.8, 4) is 5.69 Å². The second-order valence-corrected chi connectivity index (χ2v) is 6.58. The molecule has 1 aromatic carbocycles. The zero-order valence-electron chi connectivity index (χ0n) is 15.0. The fraction of sp³-hybridized carbons (Fsp3) is 0.421. The van der Waals surface area contributed by atoms with Crippen LogP contribution >= 0.6 is 0 Å². The summed E-state index contributed by atoms with van der Waals surface area (Å²) in [5.74, 6) is 1.84. The molecule has 0 atom stereocenters. The summed E-state index contributed by atoms with van der Waals surface area (Å²) < 4.78 is 1.83. The maximum atomic E-state index is 4.70. The lowest BCUT2D eigenvalue weighted by atomic mass is 10.1. The highest BCUT2D eigenvalue weighted by Crippen LogP contribution is 2.17. The van der Waals surface area contributed by atoms with E-state index in [1.807, 2.05) is 41.2 Å². The predicted octanol–water partition coefficient (Wildman–Crippen LogP) is 2.01. The van der Waals surface area contributed by atoms with Gasteiger partial charge in [-0.25, -0.2) is 9.97 Å². The minimum atomic E-state index is 0.856. The van der Waals surface area contributed by atoms with E-state index < -0.39 is 0 Å². The number of aromatic nitrogens is 6. The van der Waals surface area contributed by atoms with Gasteiger partial charge in [-0.2, -0.15) is 4.68 Å². The number of benzene rings is 1. The van der Waals surface area contributed by atoms with Gasteiger partial charge in [0.15, 0.2) is 5.82 Å². The summed E-state index contributed by atoms with van der Waals surface area (Å²) in [6.45, 7) is 5.09. The molecule has 4 rings (SSSR count). The summed E-state index contributed by atoms with van der Waals surface area (Å²) in [5.41, 5.74) is 3.49. The second kappa shape index (κ2) is 7.70. The van der Waals surface area contributed by atoms with E-state index in [1.165, 1.54) is 11.3 Å². The summed E-state index contributed by atoms with van der Waals surface area (Å²) in [5, 5.41) is 12.2. The number of para-hydroxylation sites is 1. The Morgan fingerprint density at radius 2 is 2.04 bits per heavy atom. The van der Waals surface area contributed by atoms with Crippen LogP contribution in [0.15, 0.2) is 36.5 Å². The molecule has 0 saturated carbocycles. The number of hydrogen-bond acceptors (Lipinski definition) is 6. The third-order valence-corrected chi connectivity index (χ3v) is 4.80. The van der Waals surface area contributed by atoms with Gasteiger partial charge in [0.1, 0.15) is 5.82 Å². The van der Waals surface area contributed by atoms with Crippen LogP contribution in [0.4, 0.5) is 0 Å². The Labute approximate surface area is 153 Å². The van der Waals surface area contributed by atoms with Gasteiger partial charge in [0.2, 0.25) is 0 Å². The van der Waals surface area contributed by atoms with Gasteiger partial charge in [-0.05, 0) is 47.5 Å². The van der Waals surface area contributed by atoms with Gasteiger partial charge in [0.25, 0.3) is 0 Å². The van der Waals surface area contributed by atoms with Gasteiger partial charge in [0.05, 0.1) is 11.4 Å². The van der Waals surface area contributed by atoms with Crippen LogP contribution in [0, 0.1) is 0 Å². The van der Waals surface area contributed by atoms with E-state index in [9.17, 15) is 0 Å². The van der Waals surface area contributed by atoms with Crippen molar-refractivity contribution in [3.63, 3.8) is 0 Å². The normalized spacial score (nSPS) is 14.3. The lowest BCUT2D eigenvalue weighted by Gasteiger charge is -2.27. The first-order chi connectivity index (χ1) is 12.8. The first kappa shape index (κ1) is 16.8. The SMILES string of the molecule is CCc1ncc2c(n1)CN(CCCc1nnnn1-c1ccccc1)CC2. The lowest BCUT2D eigenvalue weighted by molar-refractivity contribution is 0.245. The fourth-order valence-corrected chi connectivity index (χ4v) is 3.35. The molecule has 0 amide bonds. The van der Waals surface area contributed by atoms with Gasteiger partial charge in [-0.1, -0.05) is 25.1 Å². The van der Waals surface area contributed by atoms with Crippen molar-refractivity contribution in [1.82, 2.24) is 35.1 Å². The molecule has 0 N–H and O–H groups in total. The largest absolute Gasteiger partial charge is 0.297 e. The quantitative estimate of drug-likeness (QED) is 0.678. The molecule has 0 bridgehead atoms. The Balaban J connectivity index is 1.35. The molecule has 0 aliphatic carbocycles. The van der Waals surface area contributed by atoms with Crippen LogP contribution in [0.25, 0.3) is 5.69 Å². The van der Waals surface area contributed by atoms with E-state index in [0.29, 0.717) is 0 Å². The lowest BCUT2D eigenvalue weighted by Crippen LogP contribution is -2.32. The van der Waals surface area contributed by atoms with Gasteiger partial charge in [-0.15, -0.1) is 5.10 Å². The standard InChI is InChI=1S/C19H23N7/c1-2-18-20-13-15-10-12-25(14-17(15)21-18)11-6-9-19-22-23-24-26(19)16-7-4-3-5-8-16/h3-5,7-8,13H,2,6,9-12,14H2,1H3. The third-order valence-electron chi connectivity index (χ3n) is 4.80. The molecule has 26 heavy (non-hydrogen) atoms. The van der Waals surface area contributed by atoms with Crippen molar-refractivity contribution in [3.05, 3.63) is 59.4 Å². The van der Waals surface area contributed by atoms with Crippen LogP contribution in [-0.4, -0.2) is 48.2 Å². The number of hydrogen-bond donors (Lipinski definition) is 0. The molecule has 7 heteroatoms. The topological polar surface area (TPSA) is 72.6 Å². The number of tetrazole rings is 1. The first-order valence-electron chi connectivity index (χ1n) is 9.22. The zero-order valence-corrected chi connectivity index (χ0v) is 15.0. The first-order valence-corrected chi connectivity index (χ1v) is 9.22. The Kier molecular flexibility index (Phi) is 4.97. The number of fused-ring (bicyclic) bond motifs is 1. The molecule has 3 aromatic rings. The van der Waals surface area contributed by atoms with Crippen LogP contribution in [0.5, 0.6) is 0 Å².